The van der Waals surface area contributed by atoms with Crippen LogP contribution >= 0.6 is 12.4 Å². The zero-order chi connectivity index (χ0) is 13.9. The molecule has 18 heavy (non-hydrogen) atoms. The van der Waals surface area contributed by atoms with Crippen LogP contribution < -0.4 is 5.11 Å². The smallest absolute Gasteiger partial charge is 0.311 e. The third-order valence-corrected chi connectivity index (χ3v) is 2.03. The van der Waals surface area contributed by atoms with Gasteiger partial charge in [-0.2, -0.15) is 0 Å². The molecule has 0 rings (SSSR count). The summed E-state index contributed by atoms with van der Waals surface area (Å²) in [6.45, 7) is 5.64. The van der Waals surface area contributed by atoms with E-state index in [1.807, 2.05) is 21.1 Å². The quantitative estimate of drug-likeness (QED) is 0.534. The molecule has 0 aromatic heterocycles. The molecule has 0 radical (unpaired) electrons. The van der Waals surface area contributed by atoms with Gasteiger partial charge in [0.05, 0.1) is 26.6 Å². The Kier molecular flexibility index (Phi) is 7.54. The van der Waals surface area contributed by atoms with Crippen molar-refractivity contribution >= 4 is 24.3 Å². The van der Waals surface area contributed by atoms with Crippen molar-refractivity contribution < 1.29 is 23.9 Å². The molecule has 0 aromatic carbocycles. The number of aliphatic carboxylic acids is 1. The van der Waals surface area contributed by atoms with Gasteiger partial charge in [-0.05, 0) is 20.8 Å². The summed E-state index contributed by atoms with van der Waals surface area (Å²) in [5.41, 5.74) is -0.630. The van der Waals surface area contributed by atoms with E-state index in [-0.39, 0.29) is 18.8 Å². The van der Waals surface area contributed by atoms with Gasteiger partial charge in [-0.1, -0.05) is 0 Å². The first-order valence-electron chi connectivity index (χ1n) is 5.63. The molecule has 0 aliphatic heterocycles. The van der Waals surface area contributed by atoms with Gasteiger partial charge in [0.2, 0.25) is 0 Å². The van der Waals surface area contributed by atoms with Crippen LogP contribution in [0.2, 0.25) is 0 Å². The van der Waals surface area contributed by atoms with E-state index in [1.165, 1.54) is 0 Å². The van der Waals surface area contributed by atoms with Crippen LogP contribution in [-0.2, 0) is 14.3 Å². The fourth-order valence-electron chi connectivity index (χ4n) is 1.27. The molecule has 108 valence electrons. The lowest BCUT2D eigenvalue weighted by Crippen LogP contribution is -2.46. The number of carboxylic acids is 1. The largest absolute Gasteiger partial charge is 0.550 e. The van der Waals surface area contributed by atoms with Gasteiger partial charge in [0, 0.05) is 12.4 Å². The summed E-state index contributed by atoms with van der Waals surface area (Å²) in [6.07, 6.45) is -0.913. The van der Waals surface area contributed by atoms with Gasteiger partial charge in [0.1, 0.15) is 6.54 Å². The average Bonchev–Trinajstić information content (AvgIpc) is 1.96. The highest BCUT2D eigenvalue weighted by Crippen LogP contribution is 2.18. The van der Waals surface area contributed by atoms with Crippen molar-refractivity contribution in [1.29, 1.82) is 0 Å². The van der Waals surface area contributed by atoms with Crippen molar-refractivity contribution in [2.45, 2.75) is 33.3 Å². The van der Waals surface area contributed by atoms with Crippen molar-refractivity contribution in [3.8, 4) is 0 Å². The van der Waals surface area contributed by atoms with Crippen molar-refractivity contribution in [3.63, 3.8) is 0 Å². The first-order chi connectivity index (χ1) is 7.42. The van der Waals surface area contributed by atoms with Crippen molar-refractivity contribution in [3.05, 3.63) is 0 Å². The topological polar surface area (TPSA) is 66.4 Å². The average molecular weight is 282 g/mol. The highest BCUT2D eigenvalue weighted by Gasteiger charge is 2.29. The Hall–Kier alpha value is -0.810. The Morgan fingerprint density at radius 3 is 1.94 bits per heavy atom. The number of esters is 1. The van der Waals surface area contributed by atoms with Crippen LogP contribution in [-0.4, -0.2) is 50.2 Å². The molecular weight excluding hydrogens is 258 g/mol. The van der Waals surface area contributed by atoms with E-state index in [9.17, 15) is 14.7 Å². The summed E-state index contributed by atoms with van der Waals surface area (Å²) in [5.74, 6) is -1.60. The minimum atomic E-state index is -1.20. The summed E-state index contributed by atoms with van der Waals surface area (Å²) in [5, 5.41) is 10.6. The maximum absolute atomic E-state index is 11.7. The van der Waals surface area contributed by atoms with E-state index < -0.39 is 23.5 Å². The fourth-order valence-corrected chi connectivity index (χ4v) is 1.27. The minimum Gasteiger partial charge on any atom is -0.550 e. The summed E-state index contributed by atoms with van der Waals surface area (Å²) in [6, 6.07) is 0. The molecule has 0 saturated carbocycles. The van der Waals surface area contributed by atoms with Crippen LogP contribution in [0.4, 0.5) is 0 Å². The van der Waals surface area contributed by atoms with Gasteiger partial charge >= 0.3 is 5.97 Å². The highest BCUT2D eigenvalue weighted by atomic mass is 35.5. The zero-order valence-corrected chi connectivity index (χ0v) is 12.8. The number of halogens is 1. The van der Waals surface area contributed by atoms with Crippen LogP contribution in [0.25, 0.3) is 0 Å². The Bertz CT molecular complexity index is 291. The molecule has 0 bridgehead atoms. The van der Waals surface area contributed by atoms with Crippen molar-refractivity contribution in [2.75, 3.05) is 27.7 Å². The number of carboxylic acid groups (broad SMARTS) is 1. The van der Waals surface area contributed by atoms with Crippen LogP contribution in [0.1, 0.15) is 27.2 Å². The predicted molar refractivity (Wildman–Crippen MR) is 69.1 cm³/mol. The maximum atomic E-state index is 11.7. The third kappa shape index (κ3) is 9.24. The number of carbonyl (C=O) groups excluding carboxylic acids is 2. The van der Waals surface area contributed by atoms with E-state index in [0.29, 0.717) is 11.0 Å². The second-order valence-corrected chi connectivity index (χ2v) is 6.33. The number of hydrogen-bond donors (Lipinski definition) is 0. The van der Waals surface area contributed by atoms with Crippen LogP contribution in [0.15, 0.2) is 0 Å². The summed E-state index contributed by atoms with van der Waals surface area (Å²) >= 11 is 0. The molecule has 1 unspecified atom stereocenters. The molecule has 0 aliphatic rings. The van der Waals surface area contributed by atoms with Gasteiger partial charge in [-0.25, -0.2) is 0 Å². The summed E-state index contributed by atoms with van der Waals surface area (Å²) in [7, 11) is 5.73. The van der Waals surface area contributed by atoms with E-state index in [0.717, 1.165) is 0 Å². The monoisotopic (exact) mass is 281 g/mol. The lowest BCUT2D eigenvalue weighted by molar-refractivity contribution is -0.873. The standard InChI is InChI=1S/C12H23NO4.ClH/c1-12(2,3)11(16)17-9(7-10(14)15)8-13(4,5)6;/h9H,7-8H2,1-6H3;1H. The molecule has 0 saturated heterocycles. The van der Waals surface area contributed by atoms with Gasteiger partial charge in [-0.3, -0.25) is 4.79 Å². The van der Waals surface area contributed by atoms with Gasteiger partial charge in [0.15, 0.2) is 6.10 Å². The van der Waals surface area contributed by atoms with E-state index >= 15 is 0 Å². The normalized spacial score (nSPS) is 13.4. The molecule has 0 spiro atoms. The van der Waals surface area contributed by atoms with E-state index in [1.54, 1.807) is 20.8 Å². The summed E-state index contributed by atoms with van der Waals surface area (Å²) < 4.78 is 5.75. The lowest BCUT2D eigenvalue weighted by atomic mass is 9.97. The molecule has 5 nitrogen and oxygen atoms in total. The molecule has 0 aromatic rings. The van der Waals surface area contributed by atoms with Gasteiger partial charge in [0.25, 0.3) is 0 Å². The molecule has 1 atom stereocenters. The molecule has 6 heteroatoms. The van der Waals surface area contributed by atoms with Crippen LogP contribution in [0.5, 0.6) is 0 Å². The molecular formula is C12H24ClNO4. The van der Waals surface area contributed by atoms with E-state index in [2.05, 4.69) is 0 Å². The molecule has 0 fully saturated rings. The molecule has 0 aliphatic carbocycles. The molecule has 0 N–H and O–H groups in total. The minimum absolute atomic E-state index is 0. The third-order valence-electron chi connectivity index (χ3n) is 2.03. The Balaban J connectivity index is 0. The first kappa shape index (κ1) is 19.5. The predicted octanol–water partition coefficient (Wildman–Crippen LogP) is 0.212. The van der Waals surface area contributed by atoms with Gasteiger partial charge in [-0.15, -0.1) is 12.4 Å². The van der Waals surface area contributed by atoms with Crippen LogP contribution in [0, 0.1) is 5.41 Å². The second-order valence-electron chi connectivity index (χ2n) is 6.33. The van der Waals surface area contributed by atoms with Gasteiger partial charge < -0.3 is 19.1 Å². The zero-order valence-electron chi connectivity index (χ0n) is 12.0. The number of nitrogens with zero attached hydrogens (tertiary/aromatic N) is 1. The number of likely N-dealkylation sites (N-methyl/N-ethyl adjacent to an activating group) is 1. The number of carbonyl (C=O) groups is 2. The Morgan fingerprint density at radius 1 is 1.22 bits per heavy atom. The SMILES string of the molecule is CC(C)(C)C(=O)OC(CC(=O)[O-])C[N+](C)(C)C.Cl. The number of ether oxygens (including phenoxy) is 1. The van der Waals surface area contributed by atoms with Crippen LogP contribution in [0.3, 0.4) is 0 Å². The second kappa shape index (κ2) is 6.95. The van der Waals surface area contributed by atoms with Crippen molar-refractivity contribution in [2.24, 2.45) is 5.41 Å². The number of quaternary nitrogens is 1. The van der Waals surface area contributed by atoms with E-state index in [4.69, 9.17) is 4.74 Å². The fraction of sp³-hybridized carbons (Fsp3) is 0.833. The summed E-state index contributed by atoms with van der Waals surface area (Å²) in [4.78, 5) is 22.3. The maximum Gasteiger partial charge on any atom is 0.311 e. The first-order valence-corrected chi connectivity index (χ1v) is 5.63. The Morgan fingerprint density at radius 2 is 1.67 bits per heavy atom. The molecule has 0 amide bonds. The number of hydrogen-bond acceptors (Lipinski definition) is 4. The Labute approximate surface area is 115 Å². The molecule has 0 heterocycles. The van der Waals surface area contributed by atoms with Crippen molar-refractivity contribution in [1.82, 2.24) is 0 Å². The lowest BCUT2D eigenvalue weighted by Gasteiger charge is -2.30. The number of rotatable bonds is 5. The highest BCUT2D eigenvalue weighted by molar-refractivity contribution is 5.85.